The summed E-state index contributed by atoms with van der Waals surface area (Å²) in [6.07, 6.45) is -0.0748. The van der Waals surface area contributed by atoms with Crippen LogP contribution in [0.2, 0.25) is 0 Å². The Kier molecular flexibility index (Phi) is 5.35. The van der Waals surface area contributed by atoms with Crippen LogP contribution >= 0.6 is 24.4 Å². The smallest absolute Gasteiger partial charge is 0.407 e. The van der Waals surface area contributed by atoms with Crippen molar-refractivity contribution >= 4 is 36.2 Å². The molecule has 1 saturated heterocycles. The minimum absolute atomic E-state index is 0.00453. The quantitative estimate of drug-likeness (QED) is 0.493. The first-order valence-electron chi connectivity index (χ1n) is 6.46. The second-order valence-corrected chi connectivity index (χ2v) is 7.00. The van der Waals surface area contributed by atoms with E-state index in [0.29, 0.717) is 11.8 Å². The Morgan fingerprint density at radius 2 is 2.14 bits per heavy atom. The van der Waals surface area contributed by atoms with Gasteiger partial charge in [0.1, 0.15) is 0 Å². The van der Waals surface area contributed by atoms with Crippen LogP contribution in [0.1, 0.15) is 12.0 Å². The summed E-state index contributed by atoms with van der Waals surface area (Å²) in [7, 11) is 0. The van der Waals surface area contributed by atoms with Gasteiger partial charge in [-0.2, -0.15) is 24.4 Å². The molecule has 1 aliphatic rings. The van der Waals surface area contributed by atoms with E-state index in [0.717, 1.165) is 17.7 Å². The van der Waals surface area contributed by atoms with E-state index < -0.39 is 11.0 Å². The Hall–Kier alpha value is -1.41. The van der Waals surface area contributed by atoms with Crippen LogP contribution in [0.5, 0.6) is 0 Å². The number of hydrogen-bond donors (Lipinski definition) is 2. The third-order valence-corrected chi connectivity index (χ3v) is 5.32. The first-order valence-corrected chi connectivity index (χ1v) is 8.03. The number of thiol groups is 1. The average molecular weight is 328 g/mol. The minimum atomic E-state index is -0.975. The lowest BCUT2D eigenvalue weighted by atomic mass is 10.2. The summed E-state index contributed by atoms with van der Waals surface area (Å²) >= 11 is 6.15. The fourth-order valence-electron chi connectivity index (χ4n) is 2.21. The lowest BCUT2D eigenvalue weighted by Gasteiger charge is -2.22. The zero-order valence-electron chi connectivity index (χ0n) is 11.2. The van der Waals surface area contributed by atoms with Gasteiger partial charge in [-0.1, -0.05) is 12.1 Å². The maximum Gasteiger partial charge on any atom is 0.407 e. The van der Waals surface area contributed by atoms with Gasteiger partial charge in [0.05, 0.1) is 4.92 Å². The van der Waals surface area contributed by atoms with E-state index in [-0.39, 0.29) is 17.5 Å². The first-order chi connectivity index (χ1) is 9.95. The largest absolute Gasteiger partial charge is 0.465 e. The maximum atomic E-state index is 11.3. The van der Waals surface area contributed by atoms with E-state index >= 15 is 0 Å². The predicted molar refractivity (Wildman–Crippen MR) is 85.2 cm³/mol. The normalized spacial score (nSPS) is 21.2. The molecule has 2 rings (SSSR count). The van der Waals surface area contributed by atoms with E-state index in [9.17, 15) is 20.0 Å². The van der Waals surface area contributed by atoms with Gasteiger partial charge in [0.15, 0.2) is 0 Å². The zero-order chi connectivity index (χ0) is 15.4. The number of nitrogens with zero attached hydrogens (tertiary/aromatic N) is 2. The van der Waals surface area contributed by atoms with Crippen molar-refractivity contribution in [1.82, 2.24) is 4.90 Å². The Labute approximate surface area is 132 Å². The molecule has 1 N–H and O–H groups in total. The van der Waals surface area contributed by atoms with Gasteiger partial charge in [-0.3, -0.25) is 10.1 Å². The molecule has 0 spiro atoms. The number of benzene rings is 1. The van der Waals surface area contributed by atoms with Crippen LogP contribution in [0.3, 0.4) is 0 Å². The molecule has 21 heavy (non-hydrogen) atoms. The highest BCUT2D eigenvalue weighted by atomic mass is 32.2. The van der Waals surface area contributed by atoms with Gasteiger partial charge in [-0.05, 0) is 12.0 Å². The van der Waals surface area contributed by atoms with Crippen LogP contribution in [0.15, 0.2) is 24.3 Å². The van der Waals surface area contributed by atoms with E-state index in [1.807, 2.05) is 0 Å². The molecule has 1 aromatic rings. The fourth-order valence-corrected chi connectivity index (χ4v) is 4.15. The molecule has 1 fully saturated rings. The monoisotopic (exact) mass is 328 g/mol. The highest BCUT2D eigenvalue weighted by Crippen LogP contribution is 2.30. The number of thioether (sulfide) groups is 1. The molecule has 1 amide bonds. The Morgan fingerprint density at radius 1 is 1.48 bits per heavy atom. The number of amides is 1. The third-order valence-electron chi connectivity index (χ3n) is 3.27. The minimum Gasteiger partial charge on any atom is -0.465 e. The molecule has 114 valence electrons. The average Bonchev–Trinajstić information content (AvgIpc) is 2.84. The number of nitro groups is 1. The second-order valence-electron chi connectivity index (χ2n) is 4.93. The van der Waals surface area contributed by atoms with Crippen molar-refractivity contribution in [3.8, 4) is 0 Å². The molecule has 1 aliphatic heterocycles. The van der Waals surface area contributed by atoms with Crippen molar-refractivity contribution in [3.63, 3.8) is 0 Å². The Balaban J connectivity index is 1.99. The molecule has 6 nitrogen and oxygen atoms in total. The number of hydrogen-bond acceptors (Lipinski definition) is 5. The molecule has 1 heterocycles. The number of rotatable bonds is 5. The molecule has 2 atom stereocenters. The predicted octanol–water partition coefficient (Wildman–Crippen LogP) is 2.88. The number of carboxylic acid groups (broad SMARTS) is 1. The molecule has 2 unspecified atom stereocenters. The summed E-state index contributed by atoms with van der Waals surface area (Å²) < 4.78 is 0. The summed E-state index contributed by atoms with van der Waals surface area (Å²) in [4.78, 5) is 22.8. The highest BCUT2D eigenvalue weighted by molar-refractivity contribution is 8.01. The van der Waals surface area contributed by atoms with E-state index in [4.69, 9.17) is 0 Å². The Morgan fingerprint density at radius 3 is 2.62 bits per heavy atom. The topological polar surface area (TPSA) is 83.7 Å². The first kappa shape index (κ1) is 16.0. The number of carbonyl (C=O) groups is 1. The van der Waals surface area contributed by atoms with E-state index in [1.165, 1.54) is 17.0 Å². The number of non-ortho nitro benzene ring substituents is 1. The van der Waals surface area contributed by atoms with E-state index in [2.05, 4.69) is 12.6 Å². The van der Waals surface area contributed by atoms with Gasteiger partial charge in [0.2, 0.25) is 0 Å². The van der Waals surface area contributed by atoms with Crippen molar-refractivity contribution < 1.29 is 14.8 Å². The summed E-state index contributed by atoms with van der Waals surface area (Å²) in [5, 5.41) is 20.5. The van der Waals surface area contributed by atoms with Crippen molar-refractivity contribution in [2.75, 3.05) is 12.3 Å². The standard InChI is InChI=1S/C13H16N2O4S2/c16-13(17)14(7-12-5-11(20)8-21-12)6-9-1-3-10(4-2-9)15(18)19/h1-4,11-12,20H,5-8H2,(H,16,17). The van der Waals surface area contributed by atoms with Crippen molar-refractivity contribution in [3.05, 3.63) is 39.9 Å². The van der Waals surface area contributed by atoms with Gasteiger partial charge < -0.3 is 10.0 Å². The zero-order valence-corrected chi connectivity index (χ0v) is 12.9. The van der Waals surface area contributed by atoms with Gasteiger partial charge >= 0.3 is 6.09 Å². The van der Waals surface area contributed by atoms with Gasteiger partial charge in [0, 0.05) is 41.5 Å². The summed E-state index contributed by atoms with van der Waals surface area (Å²) in [5.41, 5.74) is 0.748. The summed E-state index contributed by atoms with van der Waals surface area (Å²) in [6.45, 7) is 0.690. The molecule has 0 aromatic heterocycles. The SMILES string of the molecule is O=C(O)N(Cc1ccc([N+](=O)[O-])cc1)CC1CC(S)CS1. The summed E-state index contributed by atoms with van der Waals surface area (Å²) in [6, 6.07) is 5.97. The van der Waals surface area contributed by atoms with Crippen molar-refractivity contribution in [2.45, 2.75) is 23.5 Å². The molecule has 0 radical (unpaired) electrons. The molecular weight excluding hydrogens is 312 g/mol. The van der Waals surface area contributed by atoms with Crippen LogP contribution in [-0.4, -0.2) is 43.8 Å². The fraction of sp³-hybridized carbons (Fsp3) is 0.462. The summed E-state index contributed by atoms with van der Waals surface area (Å²) in [5.74, 6) is 0.943. The maximum absolute atomic E-state index is 11.3. The molecule has 0 aliphatic carbocycles. The van der Waals surface area contributed by atoms with Crippen LogP contribution in [-0.2, 0) is 6.54 Å². The lowest BCUT2D eigenvalue weighted by Crippen LogP contribution is -2.34. The van der Waals surface area contributed by atoms with Crippen LogP contribution < -0.4 is 0 Å². The Bertz CT molecular complexity index is 523. The molecule has 1 aromatic carbocycles. The van der Waals surface area contributed by atoms with Gasteiger partial charge in [-0.15, -0.1) is 0 Å². The van der Waals surface area contributed by atoms with Crippen LogP contribution in [0.4, 0.5) is 10.5 Å². The molecule has 8 heteroatoms. The van der Waals surface area contributed by atoms with Crippen LogP contribution in [0, 0.1) is 10.1 Å². The van der Waals surface area contributed by atoms with E-state index in [1.54, 1.807) is 23.9 Å². The van der Waals surface area contributed by atoms with Crippen molar-refractivity contribution in [2.24, 2.45) is 0 Å². The van der Waals surface area contributed by atoms with Gasteiger partial charge in [0.25, 0.3) is 5.69 Å². The van der Waals surface area contributed by atoms with Gasteiger partial charge in [-0.25, -0.2) is 4.79 Å². The highest BCUT2D eigenvalue weighted by Gasteiger charge is 2.26. The third kappa shape index (κ3) is 4.53. The lowest BCUT2D eigenvalue weighted by molar-refractivity contribution is -0.384. The number of nitro benzene ring substituents is 1. The molecular formula is C13H16N2O4S2. The van der Waals surface area contributed by atoms with Crippen LogP contribution in [0.25, 0.3) is 0 Å². The molecule has 0 saturated carbocycles. The van der Waals surface area contributed by atoms with Crippen molar-refractivity contribution in [1.29, 1.82) is 0 Å². The molecule has 0 bridgehead atoms. The second kappa shape index (κ2) is 7.04.